The van der Waals surface area contributed by atoms with Gasteiger partial charge in [-0.15, -0.1) is 0 Å². The van der Waals surface area contributed by atoms with Crippen molar-refractivity contribution in [3.63, 3.8) is 0 Å². The molecule has 2 aromatic heterocycles. The predicted octanol–water partition coefficient (Wildman–Crippen LogP) is 4.68. The zero-order valence-corrected chi connectivity index (χ0v) is 19.8. The number of hydrazone groups is 1. The molecule has 0 aliphatic rings. The van der Waals surface area contributed by atoms with Gasteiger partial charge in [0.25, 0.3) is 5.56 Å². The van der Waals surface area contributed by atoms with E-state index >= 15 is 0 Å². The maximum absolute atomic E-state index is 12.6. The number of H-pyrrole nitrogens is 1. The molecule has 1 aromatic carbocycles. The Morgan fingerprint density at radius 3 is 2.52 bits per heavy atom. The SMILES string of the molecule is CCCCCCCCCn1c(NN=C(C)/C=C/c2ccccc2)nc2c1c(=O)[nH]c(=O)n2C. The highest BCUT2D eigenvalue weighted by molar-refractivity contribution is 5.96. The number of imidazole rings is 1. The van der Waals surface area contributed by atoms with Gasteiger partial charge in [0.05, 0.1) is 5.71 Å². The Bertz CT molecular complexity index is 1220. The van der Waals surface area contributed by atoms with E-state index in [1.807, 2.05) is 54.0 Å². The summed E-state index contributed by atoms with van der Waals surface area (Å²) in [6, 6.07) is 9.98. The number of anilines is 1. The third kappa shape index (κ3) is 6.54. The van der Waals surface area contributed by atoms with Crippen molar-refractivity contribution in [2.45, 2.75) is 65.3 Å². The van der Waals surface area contributed by atoms with Crippen molar-refractivity contribution < 1.29 is 0 Å². The zero-order valence-electron chi connectivity index (χ0n) is 19.8. The summed E-state index contributed by atoms with van der Waals surface area (Å²) in [4.78, 5) is 31.5. The maximum atomic E-state index is 12.6. The Kier molecular flexibility index (Phi) is 8.80. The minimum atomic E-state index is -0.481. The average molecular weight is 451 g/mol. The molecule has 0 aliphatic carbocycles. The quantitative estimate of drug-likeness (QED) is 0.238. The van der Waals surface area contributed by atoms with Gasteiger partial charge in [-0.05, 0) is 25.0 Å². The highest BCUT2D eigenvalue weighted by Gasteiger charge is 2.17. The number of benzene rings is 1. The van der Waals surface area contributed by atoms with Crippen LogP contribution in [-0.4, -0.2) is 24.8 Å². The minimum absolute atomic E-state index is 0.349. The molecule has 0 spiro atoms. The molecule has 0 saturated carbocycles. The molecule has 2 heterocycles. The van der Waals surface area contributed by atoms with Crippen molar-refractivity contribution in [2.24, 2.45) is 12.1 Å². The predicted molar refractivity (Wildman–Crippen MR) is 136 cm³/mol. The normalized spacial score (nSPS) is 12.2. The van der Waals surface area contributed by atoms with Gasteiger partial charge in [0.15, 0.2) is 11.2 Å². The van der Waals surface area contributed by atoms with E-state index in [9.17, 15) is 9.59 Å². The number of fused-ring (bicyclic) bond motifs is 1. The average Bonchev–Trinajstić information content (AvgIpc) is 3.19. The summed E-state index contributed by atoms with van der Waals surface area (Å²) < 4.78 is 3.19. The van der Waals surface area contributed by atoms with Crippen molar-refractivity contribution in [1.82, 2.24) is 19.1 Å². The maximum Gasteiger partial charge on any atom is 0.329 e. The fraction of sp³-hybridized carbons (Fsp3) is 0.440. The number of allylic oxidation sites excluding steroid dienone is 1. The first-order chi connectivity index (χ1) is 16.0. The highest BCUT2D eigenvalue weighted by Crippen LogP contribution is 2.17. The second kappa shape index (κ2) is 12.0. The molecule has 0 saturated heterocycles. The van der Waals surface area contributed by atoms with Crippen LogP contribution in [0.25, 0.3) is 17.2 Å². The van der Waals surface area contributed by atoms with Crippen LogP contribution in [0.4, 0.5) is 5.95 Å². The summed E-state index contributed by atoms with van der Waals surface area (Å²) >= 11 is 0. The van der Waals surface area contributed by atoms with E-state index in [1.54, 1.807) is 7.05 Å². The number of aromatic nitrogens is 4. The molecule has 0 radical (unpaired) electrons. The largest absolute Gasteiger partial charge is 0.329 e. The monoisotopic (exact) mass is 450 g/mol. The Labute approximate surface area is 194 Å². The van der Waals surface area contributed by atoms with Gasteiger partial charge >= 0.3 is 5.69 Å². The van der Waals surface area contributed by atoms with Gasteiger partial charge in [-0.2, -0.15) is 10.1 Å². The van der Waals surface area contributed by atoms with Crippen molar-refractivity contribution >= 4 is 28.9 Å². The molecule has 0 aliphatic heterocycles. The van der Waals surface area contributed by atoms with Gasteiger partial charge in [0, 0.05) is 13.6 Å². The van der Waals surface area contributed by atoms with Gasteiger partial charge in [-0.3, -0.25) is 14.3 Å². The fourth-order valence-corrected chi connectivity index (χ4v) is 3.72. The van der Waals surface area contributed by atoms with Crippen LogP contribution in [0, 0.1) is 0 Å². The summed E-state index contributed by atoms with van der Waals surface area (Å²) in [5, 5.41) is 4.42. The molecule has 3 aromatic rings. The van der Waals surface area contributed by atoms with E-state index in [2.05, 4.69) is 27.4 Å². The number of aromatic amines is 1. The molecule has 0 atom stereocenters. The molecule has 33 heavy (non-hydrogen) atoms. The number of hydrogen-bond donors (Lipinski definition) is 2. The van der Waals surface area contributed by atoms with Crippen molar-refractivity contribution in [2.75, 3.05) is 5.43 Å². The lowest BCUT2D eigenvalue weighted by atomic mass is 10.1. The smallest absolute Gasteiger partial charge is 0.303 e. The van der Waals surface area contributed by atoms with E-state index < -0.39 is 11.2 Å². The third-order valence-electron chi connectivity index (χ3n) is 5.64. The molecule has 8 nitrogen and oxygen atoms in total. The number of nitrogens with one attached hydrogen (secondary N) is 2. The molecule has 8 heteroatoms. The molecule has 176 valence electrons. The van der Waals surface area contributed by atoms with Gasteiger partial charge in [-0.25, -0.2) is 10.2 Å². The molecule has 0 fully saturated rings. The van der Waals surface area contributed by atoms with Crippen LogP contribution in [0.3, 0.4) is 0 Å². The number of rotatable bonds is 12. The van der Waals surface area contributed by atoms with E-state index in [4.69, 9.17) is 0 Å². The van der Waals surface area contributed by atoms with E-state index in [-0.39, 0.29) is 0 Å². The first-order valence-corrected chi connectivity index (χ1v) is 11.7. The molecule has 0 amide bonds. The van der Waals surface area contributed by atoms with Crippen LogP contribution in [0.15, 0.2) is 51.1 Å². The van der Waals surface area contributed by atoms with Crippen LogP contribution in [-0.2, 0) is 13.6 Å². The topological polar surface area (TPSA) is 97.1 Å². The van der Waals surface area contributed by atoms with Crippen LogP contribution in [0.1, 0.15) is 64.4 Å². The number of aryl methyl sites for hydroxylation is 2. The second-order valence-corrected chi connectivity index (χ2v) is 8.31. The molecule has 2 N–H and O–H groups in total. The zero-order chi connectivity index (χ0) is 23.6. The fourth-order valence-electron chi connectivity index (χ4n) is 3.72. The van der Waals surface area contributed by atoms with Crippen LogP contribution in [0.5, 0.6) is 0 Å². The first kappa shape index (κ1) is 24.2. The lowest BCUT2D eigenvalue weighted by molar-refractivity contribution is 0.556. The lowest BCUT2D eigenvalue weighted by Crippen LogP contribution is -2.29. The summed E-state index contributed by atoms with van der Waals surface area (Å²) in [5.74, 6) is 0.454. The van der Waals surface area contributed by atoms with Gasteiger partial charge in [0.1, 0.15) is 0 Å². The Balaban J connectivity index is 1.79. The van der Waals surface area contributed by atoms with Gasteiger partial charge in [0.2, 0.25) is 5.95 Å². The van der Waals surface area contributed by atoms with Gasteiger partial charge in [-0.1, -0.05) is 81.9 Å². The Morgan fingerprint density at radius 2 is 1.79 bits per heavy atom. The minimum Gasteiger partial charge on any atom is -0.303 e. The Hall–Kier alpha value is -3.42. The molecule has 0 unspecified atom stereocenters. The Morgan fingerprint density at radius 1 is 1.09 bits per heavy atom. The molecule has 3 rings (SSSR count). The summed E-state index contributed by atoms with van der Waals surface area (Å²) in [7, 11) is 1.60. The number of hydrogen-bond acceptors (Lipinski definition) is 5. The van der Waals surface area contributed by atoms with E-state index in [1.165, 1.54) is 36.7 Å². The lowest BCUT2D eigenvalue weighted by Gasteiger charge is -2.08. The molecular weight excluding hydrogens is 416 g/mol. The van der Waals surface area contributed by atoms with Crippen LogP contribution in [0.2, 0.25) is 0 Å². The van der Waals surface area contributed by atoms with Gasteiger partial charge < -0.3 is 4.57 Å². The molecular formula is C25H34N6O2. The van der Waals surface area contributed by atoms with E-state index in [0.29, 0.717) is 23.7 Å². The summed E-state index contributed by atoms with van der Waals surface area (Å²) in [6.07, 6.45) is 12.1. The van der Waals surface area contributed by atoms with Crippen molar-refractivity contribution in [1.29, 1.82) is 0 Å². The van der Waals surface area contributed by atoms with Crippen molar-refractivity contribution in [3.05, 3.63) is 62.8 Å². The van der Waals surface area contributed by atoms with E-state index in [0.717, 1.165) is 24.1 Å². The first-order valence-electron chi connectivity index (χ1n) is 11.7. The van der Waals surface area contributed by atoms with Crippen molar-refractivity contribution in [3.8, 4) is 0 Å². The van der Waals surface area contributed by atoms with Crippen LogP contribution >= 0.6 is 0 Å². The molecule has 0 bridgehead atoms. The summed E-state index contributed by atoms with van der Waals surface area (Å²) in [5.41, 5.74) is 4.67. The standard InChI is InChI=1S/C25H34N6O2/c1-4-5-6-7-8-9-13-18-31-21-22(30(3)25(33)27-23(21)32)26-24(31)29-28-19(2)16-17-20-14-11-10-12-15-20/h10-12,14-17H,4-9,13,18H2,1-3H3,(H,26,29)(H,27,32,33)/b17-16+,28-19?. The second-order valence-electron chi connectivity index (χ2n) is 8.31. The third-order valence-corrected chi connectivity index (χ3v) is 5.64. The van der Waals surface area contributed by atoms with Crippen LogP contribution < -0.4 is 16.7 Å². The summed E-state index contributed by atoms with van der Waals surface area (Å²) in [6.45, 7) is 4.73. The highest BCUT2D eigenvalue weighted by atomic mass is 16.2. The number of nitrogens with zero attached hydrogens (tertiary/aromatic N) is 4. The number of unbranched alkanes of at least 4 members (excludes halogenated alkanes) is 6.